The molecule has 0 unspecified atom stereocenters. The lowest BCUT2D eigenvalue weighted by Crippen LogP contribution is -2.26. The van der Waals surface area contributed by atoms with Crippen LogP contribution in [0.5, 0.6) is 0 Å². The minimum Gasteiger partial charge on any atom is -0.353 e. The van der Waals surface area contributed by atoms with Crippen molar-refractivity contribution in [1.29, 1.82) is 0 Å². The van der Waals surface area contributed by atoms with Crippen molar-refractivity contribution in [2.24, 2.45) is 0 Å². The summed E-state index contributed by atoms with van der Waals surface area (Å²) in [6.45, 7) is 2.69. The number of carbonyl (C=O) groups is 1. The molecule has 1 heterocycles. The Hall–Kier alpha value is -0.410. The van der Waals surface area contributed by atoms with Gasteiger partial charge in [-0.15, -0.1) is 0 Å². The first-order valence-electron chi connectivity index (χ1n) is 4.53. The Balaban J connectivity index is 2.15. The molecule has 0 radical (unpaired) electrons. The van der Waals surface area contributed by atoms with E-state index in [-0.39, 0.29) is 12.4 Å². The standard InChI is InChI=1S/C9H16O3/c1-8(5-6-10)12-9-4-2-3-7-11-9/h6,8-9H,2-5,7H2,1H3/t8-,9+/m0/s1. The summed E-state index contributed by atoms with van der Waals surface area (Å²) in [6, 6.07) is 0. The van der Waals surface area contributed by atoms with Crippen LogP contribution < -0.4 is 0 Å². The van der Waals surface area contributed by atoms with Crippen molar-refractivity contribution < 1.29 is 14.3 Å². The van der Waals surface area contributed by atoms with Crippen molar-refractivity contribution in [3.8, 4) is 0 Å². The fraction of sp³-hybridized carbons (Fsp3) is 0.889. The Morgan fingerprint density at radius 1 is 1.67 bits per heavy atom. The van der Waals surface area contributed by atoms with Gasteiger partial charge in [-0.3, -0.25) is 0 Å². The molecule has 3 heteroatoms. The summed E-state index contributed by atoms with van der Waals surface area (Å²) in [4.78, 5) is 10.1. The number of hydrogen-bond acceptors (Lipinski definition) is 3. The van der Waals surface area contributed by atoms with E-state index in [1.165, 1.54) is 6.42 Å². The van der Waals surface area contributed by atoms with Gasteiger partial charge in [-0.1, -0.05) is 0 Å². The molecule has 70 valence electrons. The van der Waals surface area contributed by atoms with E-state index in [0.717, 1.165) is 25.7 Å². The molecule has 0 aromatic rings. The molecular weight excluding hydrogens is 156 g/mol. The van der Waals surface area contributed by atoms with E-state index in [2.05, 4.69) is 0 Å². The van der Waals surface area contributed by atoms with Crippen LogP contribution in [0.1, 0.15) is 32.6 Å². The van der Waals surface area contributed by atoms with Gasteiger partial charge < -0.3 is 14.3 Å². The molecule has 0 aliphatic carbocycles. The SMILES string of the molecule is C[C@@H](CC=O)O[C@@H]1CCCCO1. The van der Waals surface area contributed by atoms with Crippen molar-refractivity contribution in [3.63, 3.8) is 0 Å². The van der Waals surface area contributed by atoms with Crippen LogP contribution in [0.4, 0.5) is 0 Å². The zero-order valence-corrected chi connectivity index (χ0v) is 7.49. The second-order valence-electron chi connectivity index (χ2n) is 3.15. The first-order chi connectivity index (χ1) is 5.83. The molecule has 1 rings (SSSR count). The van der Waals surface area contributed by atoms with E-state index in [4.69, 9.17) is 9.47 Å². The molecule has 1 saturated heterocycles. The average molecular weight is 172 g/mol. The Labute approximate surface area is 73.0 Å². The highest BCUT2D eigenvalue weighted by Crippen LogP contribution is 2.15. The predicted molar refractivity (Wildman–Crippen MR) is 44.8 cm³/mol. The smallest absolute Gasteiger partial charge is 0.157 e. The van der Waals surface area contributed by atoms with E-state index in [1.807, 2.05) is 6.92 Å². The third-order valence-electron chi connectivity index (χ3n) is 1.95. The maximum Gasteiger partial charge on any atom is 0.157 e. The van der Waals surface area contributed by atoms with E-state index in [1.54, 1.807) is 0 Å². The Morgan fingerprint density at radius 3 is 3.08 bits per heavy atom. The van der Waals surface area contributed by atoms with E-state index in [0.29, 0.717) is 6.42 Å². The Morgan fingerprint density at radius 2 is 2.50 bits per heavy atom. The van der Waals surface area contributed by atoms with Gasteiger partial charge in [-0.05, 0) is 26.2 Å². The highest BCUT2D eigenvalue weighted by molar-refractivity contribution is 5.49. The largest absolute Gasteiger partial charge is 0.353 e. The zero-order valence-electron chi connectivity index (χ0n) is 7.49. The molecule has 12 heavy (non-hydrogen) atoms. The van der Waals surface area contributed by atoms with Crippen LogP contribution in [0, 0.1) is 0 Å². The second kappa shape index (κ2) is 5.27. The monoisotopic (exact) mass is 172 g/mol. The normalized spacial score (nSPS) is 26.6. The summed E-state index contributed by atoms with van der Waals surface area (Å²) < 4.78 is 10.8. The molecule has 0 amide bonds. The lowest BCUT2D eigenvalue weighted by Gasteiger charge is -2.25. The second-order valence-corrected chi connectivity index (χ2v) is 3.15. The van der Waals surface area contributed by atoms with Gasteiger partial charge in [0.1, 0.15) is 6.29 Å². The molecule has 3 nitrogen and oxygen atoms in total. The van der Waals surface area contributed by atoms with Gasteiger partial charge in [0.05, 0.1) is 6.10 Å². The minimum absolute atomic E-state index is 0.00870. The summed E-state index contributed by atoms with van der Waals surface area (Å²) in [5.41, 5.74) is 0. The number of carbonyl (C=O) groups excluding carboxylic acids is 1. The van der Waals surface area contributed by atoms with Crippen LogP contribution in [0.2, 0.25) is 0 Å². The first kappa shape index (κ1) is 9.68. The molecule has 1 aliphatic heterocycles. The van der Waals surface area contributed by atoms with E-state index < -0.39 is 0 Å². The number of hydrogen-bond donors (Lipinski definition) is 0. The maximum absolute atomic E-state index is 10.1. The van der Waals surface area contributed by atoms with Crippen LogP contribution in [-0.2, 0) is 14.3 Å². The van der Waals surface area contributed by atoms with Gasteiger partial charge in [0.25, 0.3) is 0 Å². The van der Waals surface area contributed by atoms with Gasteiger partial charge in [0.2, 0.25) is 0 Å². The quantitative estimate of drug-likeness (QED) is 0.603. The fourth-order valence-electron chi connectivity index (χ4n) is 1.27. The van der Waals surface area contributed by atoms with Crippen LogP contribution in [-0.4, -0.2) is 25.3 Å². The van der Waals surface area contributed by atoms with Crippen LogP contribution in [0.3, 0.4) is 0 Å². The summed E-state index contributed by atoms with van der Waals surface area (Å²) in [5, 5.41) is 0. The minimum atomic E-state index is -0.0753. The maximum atomic E-state index is 10.1. The van der Waals surface area contributed by atoms with Crippen molar-refractivity contribution in [1.82, 2.24) is 0 Å². The summed E-state index contributed by atoms with van der Waals surface area (Å²) in [7, 11) is 0. The topological polar surface area (TPSA) is 35.5 Å². The molecule has 0 aromatic carbocycles. The van der Waals surface area contributed by atoms with Crippen molar-refractivity contribution in [3.05, 3.63) is 0 Å². The fourth-order valence-corrected chi connectivity index (χ4v) is 1.27. The lowest BCUT2D eigenvalue weighted by atomic mass is 10.2. The first-order valence-corrected chi connectivity index (χ1v) is 4.53. The highest BCUT2D eigenvalue weighted by Gasteiger charge is 2.16. The lowest BCUT2D eigenvalue weighted by molar-refractivity contribution is -0.184. The highest BCUT2D eigenvalue weighted by atomic mass is 16.7. The third kappa shape index (κ3) is 3.32. The molecule has 2 atom stereocenters. The molecule has 1 aliphatic rings. The Kier molecular flexibility index (Phi) is 4.25. The third-order valence-corrected chi connectivity index (χ3v) is 1.95. The molecule has 0 aromatic heterocycles. The van der Waals surface area contributed by atoms with Crippen molar-refractivity contribution >= 4 is 6.29 Å². The molecule has 1 fully saturated rings. The number of ether oxygens (including phenoxy) is 2. The number of rotatable bonds is 4. The summed E-state index contributed by atoms with van der Waals surface area (Å²) in [6.07, 6.45) is 4.51. The van der Waals surface area contributed by atoms with Crippen LogP contribution in [0.15, 0.2) is 0 Å². The van der Waals surface area contributed by atoms with Gasteiger partial charge in [0.15, 0.2) is 6.29 Å². The van der Waals surface area contributed by atoms with Crippen molar-refractivity contribution in [2.45, 2.75) is 45.0 Å². The average Bonchev–Trinajstić information content (AvgIpc) is 2.06. The van der Waals surface area contributed by atoms with Gasteiger partial charge >= 0.3 is 0 Å². The molecule has 0 spiro atoms. The summed E-state index contributed by atoms with van der Waals surface area (Å²) >= 11 is 0. The van der Waals surface area contributed by atoms with Gasteiger partial charge in [-0.25, -0.2) is 0 Å². The molecule has 0 saturated carbocycles. The van der Waals surface area contributed by atoms with E-state index in [9.17, 15) is 4.79 Å². The van der Waals surface area contributed by atoms with Crippen molar-refractivity contribution in [2.75, 3.05) is 6.61 Å². The van der Waals surface area contributed by atoms with Crippen LogP contribution >= 0.6 is 0 Å². The van der Waals surface area contributed by atoms with Crippen LogP contribution in [0.25, 0.3) is 0 Å². The Bertz CT molecular complexity index is 130. The number of aldehydes is 1. The predicted octanol–water partition coefficient (Wildman–Crippen LogP) is 1.51. The van der Waals surface area contributed by atoms with Gasteiger partial charge in [0, 0.05) is 13.0 Å². The molecule has 0 N–H and O–H groups in total. The van der Waals surface area contributed by atoms with Gasteiger partial charge in [-0.2, -0.15) is 0 Å². The molecular formula is C9H16O3. The van der Waals surface area contributed by atoms with E-state index >= 15 is 0 Å². The molecule has 0 bridgehead atoms. The zero-order chi connectivity index (χ0) is 8.81. The summed E-state index contributed by atoms with van der Waals surface area (Å²) in [5.74, 6) is 0.